The number of halogens is 4. The van der Waals surface area contributed by atoms with Crippen molar-refractivity contribution >= 4 is 34.8 Å². The number of benzene rings is 1. The monoisotopic (exact) mass is 212 g/mol. The average molecular weight is 213 g/mol. The van der Waals surface area contributed by atoms with Gasteiger partial charge >= 0.3 is 0 Å². The molecule has 0 saturated heterocycles. The number of rotatable bonds is 1. The van der Waals surface area contributed by atoms with Crippen molar-refractivity contribution < 1.29 is 4.39 Å². The second kappa shape index (κ2) is 3.61. The van der Waals surface area contributed by atoms with E-state index in [-0.39, 0.29) is 0 Å². The lowest BCUT2D eigenvalue weighted by Crippen LogP contribution is -1.85. The van der Waals surface area contributed by atoms with Gasteiger partial charge < -0.3 is 0 Å². The molecule has 0 amide bonds. The molecule has 0 fully saturated rings. The Labute approximate surface area is 78.9 Å². The number of hydrogen-bond acceptors (Lipinski definition) is 0. The molecule has 0 spiro atoms. The molecule has 0 atom stereocenters. The highest BCUT2D eigenvalue weighted by molar-refractivity contribution is 6.45. The molecule has 0 saturated carbocycles. The van der Waals surface area contributed by atoms with E-state index < -0.39 is 10.7 Å². The zero-order valence-electron chi connectivity index (χ0n) is 5.32. The molecule has 0 bridgehead atoms. The predicted molar refractivity (Wildman–Crippen MR) is 45.9 cm³/mol. The van der Waals surface area contributed by atoms with Crippen molar-refractivity contribution in [3.05, 3.63) is 34.6 Å². The van der Waals surface area contributed by atoms with Crippen LogP contribution in [0.15, 0.2) is 18.2 Å². The van der Waals surface area contributed by atoms with Crippen LogP contribution in [-0.4, -0.2) is 0 Å². The van der Waals surface area contributed by atoms with Crippen LogP contribution in [0.1, 0.15) is 10.4 Å². The highest BCUT2D eigenvalue weighted by atomic mass is 35.5. The topological polar surface area (TPSA) is 0 Å². The fourth-order valence-corrected chi connectivity index (χ4v) is 1.38. The molecular formula is C7H4Cl3F. The maximum atomic E-state index is 12.5. The van der Waals surface area contributed by atoms with Gasteiger partial charge in [0.05, 0.1) is 0 Å². The standard InChI is InChI=1S/C7H4Cl3F/c8-6-2-1-4(11)3-5(6)7(9)10/h1-3,7H. The second-order valence-electron chi connectivity index (χ2n) is 1.97. The Balaban J connectivity index is 3.13. The van der Waals surface area contributed by atoms with E-state index >= 15 is 0 Å². The second-order valence-corrected chi connectivity index (χ2v) is 3.47. The Bertz CT molecular complexity index is 260. The van der Waals surface area contributed by atoms with Crippen LogP contribution in [0.2, 0.25) is 5.02 Å². The molecule has 0 N–H and O–H groups in total. The Kier molecular flexibility index (Phi) is 2.99. The summed E-state index contributed by atoms with van der Waals surface area (Å²) in [5.41, 5.74) is 0.398. The molecule has 0 unspecified atom stereocenters. The minimum absolute atomic E-state index is 0.376. The molecule has 4 heteroatoms. The molecule has 0 nitrogen and oxygen atoms in total. The third-order valence-corrected chi connectivity index (χ3v) is 2.01. The lowest BCUT2D eigenvalue weighted by Gasteiger charge is -2.03. The molecule has 0 aliphatic heterocycles. The van der Waals surface area contributed by atoms with E-state index in [4.69, 9.17) is 34.8 Å². The molecule has 1 aromatic carbocycles. The molecule has 0 aliphatic rings. The van der Waals surface area contributed by atoms with Crippen LogP contribution in [0.5, 0.6) is 0 Å². The SMILES string of the molecule is Fc1ccc(Cl)c(C(Cl)Cl)c1. The minimum Gasteiger partial charge on any atom is -0.207 e. The van der Waals surface area contributed by atoms with Gasteiger partial charge in [0.25, 0.3) is 0 Å². The van der Waals surface area contributed by atoms with E-state index in [9.17, 15) is 4.39 Å². The van der Waals surface area contributed by atoms with Crippen LogP contribution in [0.4, 0.5) is 4.39 Å². The van der Waals surface area contributed by atoms with Crippen LogP contribution in [0, 0.1) is 5.82 Å². The maximum absolute atomic E-state index is 12.5. The summed E-state index contributed by atoms with van der Waals surface area (Å²) in [6.45, 7) is 0. The molecule has 60 valence electrons. The average Bonchev–Trinajstić information content (AvgIpc) is 1.94. The van der Waals surface area contributed by atoms with E-state index in [0.29, 0.717) is 10.6 Å². The van der Waals surface area contributed by atoms with Gasteiger partial charge in [0.1, 0.15) is 10.7 Å². The first kappa shape index (κ1) is 9.11. The van der Waals surface area contributed by atoms with Gasteiger partial charge in [-0.1, -0.05) is 11.6 Å². The van der Waals surface area contributed by atoms with Crippen molar-refractivity contribution in [3.63, 3.8) is 0 Å². The van der Waals surface area contributed by atoms with Crippen molar-refractivity contribution in [1.29, 1.82) is 0 Å². The summed E-state index contributed by atoms with van der Waals surface area (Å²) in [4.78, 5) is -0.779. The first-order chi connectivity index (χ1) is 5.11. The Morgan fingerprint density at radius 3 is 2.36 bits per heavy atom. The zero-order valence-corrected chi connectivity index (χ0v) is 7.59. The van der Waals surface area contributed by atoms with Gasteiger partial charge in [0.15, 0.2) is 0 Å². The number of hydrogen-bond donors (Lipinski definition) is 0. The minimum atomic E-state index is -0.779. The third kappa shape index (κ3) is 2.22. The van der Waals surface area contributed by atoms with E-state index in [1.54, 1.807) is 0 Å². The lowest BCUT2D eigenvalue weighted by molar-refractivity contribution is 0.626. The van der Waals surface area contributed by atoms with Gasteiger partial charge in [-0.25, -0.2) is 4.39 Å². The number of alkyl halides is 2. The summed E-state index contributed by atoms with van der Waals surface area (Å²) in [5.74, 6) is -0.393. The van der Waals surface area contributed by atoms with Gasteiger partial charge in [0, 0.05) is 10.6 Å². The summed E-state index contributed by atoms with van der Waals surface area (Å²) in [6, 6.07) is 3.89. The predicted octanol–water partition coefficient (Wildman–Crippen LogP) is 3.96. The highest BCUT2D eigenvalue weighted by Crippen LogP contribution is 2.31. The largest absolute Gasteiger partial charge is 0.207 e. The first-order valence-electron chi connectivity index (χ1n) is 2.84. The summed E-state index contributed by atoms with van der Waals surface area (Å²) < 4.78 is 12.5. The van der Waals surface area contributed by atoms with Gasteiger partial charge in [-0.05, 0) is 18.2 Å². The Morgan fingerprint density at radius 1 is 1.27 bits per heavy atom. The molecular weight excluding hydrogens is 209 g/mol. The molecule has 0 heterocycles. The fraction of sp³-hybridized carbons (Fsp3) is 0.143. The Hall–Kier alpha value is 0.0200. The summed E-state index contributed by atoms with van der Waals surface area (Å²) in [7, 11) is 0. The van der Waals surface area contributed by atoms with Crippen LogP contribution in [0.25, 0.3) is 0 Å². The van der Waals surface area contributed by atoms with Gasteiger partial charge in [-0.2, -0.15) is 0 Å². The first-order valence-corrected chi connectivity index (χ1v) is 4.09. The lowest BCUT2D eigenvalue weighted by atomic mass is 10.2. The van der Waals surface area contributed by atoms with Crippen molar-refractivity contribution in [2.24, 2.45) is 0 Å². The van der Waals surface area contributed by atoms with E-state index in [0.717, 1.165) is 0 Å². The fourth-order valence-electron chi connectivity index (χ4n) is 0.682. The molecule has 0 aromatic heterocycles. The maximum Gasteiger partial charge on any atom is 0.134 e. The summed E-state index contributed by atoms with van der Waals surface area (Å²) >= 11 is 16.6. The zero-order chi connectivity index (χ0) is 8.43. The Morgan fingerprint density at radius 2 is 1.91 bits per heavy atom. The molecule has 0 aliphatic carbocycles. The van der Waals surface area contributed by atoms with Crippen molar-refractivity contribution in [2.75, 3.05) is 0 Å². The van der Waals surface area contributed by atoms with Gasteiger partial charge in [-0.15, -0.1) is 23.2 Å². The van der Waals surface area contributed by atoms with Crippen molar-refractivity contribution in [1.82, 2.24) is 0 Å². The summed E-state index contributed by atoms with van der Waals surface area (Å²) in [5, 5.41) is 0.376. The van der Waals surface area contributed by atoms with E-state index in [1.165, 1.54) is 18.2 Å². The summed E-state index contributed by atoms with van der Waals surface area (Å²) in [6.07, 6.45) is 0. The third-order valence-electron chi connectivity index (χ3n) is 1.19. The van der Waals surface area contributed by atoms with Crippen LogP contribution >= 0.6 is 34.8 Å². The molecule has 0 radical (unpaired) electrons. The van der Waals surface area contributed by atoms with Crippen molar-refractivity contribution in [2.45, 2.75) is 4.84 Å². The molecule has 11 heavy (non-hydrogen) atoms. The van der Waals surface area contributed by atoms with Crippen molar-refractivity contribution in [3.8, 4) is 0 Å². The van der Waals surface area contributed by atoms with E-state index in [2.05, 4.69) is 0 Å². The highest BCUT2D eigenvalue weighted by Gasteiger charge is 2.08. The van der Waals surface area contributed by atoms with Crippen LogP contribution < -0.4 is 0 Å². The molecule has 1 rings (SSSR count). The van der Waals surface area contributed by atoms with E-state index in [1.807, 2.05) is 0 Å². The van der Waals surface area contributed by atoms with Gasteiger partial charge in [-0.3, -0.25) is 0 Å². The quantitative estimate of drug-likeness (QED) is 0.620. The molecule has 1 aromatic rings. The van der Waals surface area contributed by atoms with Gasteiger partial charge in [0.2, 0.25) is 0 Å². The van der Waals surface area contributed by atoms with Crippen LogP contribution in [-0.2, 0) is 0 Å². The normalized spacial score (nSPS) is 10.6. The smallest absolute Gasteiger partial charge is 0.134 e. The van der Waals surface area contributed by atoms with Crippen LogP contribution in [0.3, 0.4) is 0 Å².